The van der Waals surface area contributed by atoms with E-state index in [4.69, 9.17) is 10.5 Å². The highest BCUT2D eigenvalue weighted by Gasteiger charge is 2.64. The van der Waals surface area contributed by atoms with Crippen LogP contribution in [0, 0.1) is 29.6 Å². The Balaban J connectivity index is 0.000000175. The lowest BCUT2D eigenvalue weighted by atomic mass is 9.48. The average molecular weight is 906 g/mol. The molecule has 0 spiro atoms. The number of phenolic OH excluding ortho intramolecular Hbond substituents is 1. The summed E-state index contributed by atoms with van der Waals surface area (Å²) in [6, 6.07) is 20.4. The lowest BCUT2D eigenvalue weighted by Gasteiger charge is -2.57. The monoisotopic (exact) mass is 905 g/mol. The number of Topliss-reactive ketones (excluding diaryl/α,β-unsaturated/α-hetero) is 2. The van der Waals surface area contributed by atoms with Crippen LogP contribution in [0.5, 0.6) is 11.5 Å². The van der Waals surface area contributed by atoms with Gasteiger partial charge in [-0.25, -0.2) is 4.79 Å². The topological polar surface area (TPSA) is 211 Å². The molecule has 0 aromatic heterocycles. The number of aromatic carboxylic acids is 1. The molecule has 14 heteroatoms. The second kappa shape index (κ2) is 16.5. The molecule has 11 rings (SSSR count). The Hall–Kier alpha value is -5.89. The second-order valence-electron chi connectivity index (χ2n) is 19.5. The van der Waals surface area contributed by atoms with E-state index in [-0.39, 0.29) is 47.5 Å². The second-order valence-corrected chi connectivity index (χ2v) is 19.5. The molecule has 0 heterocycles. The summed E-state index contributed by atoms with van der Waals surface area (Å²) in [6.07, 6.45) is 8.57. The van der Waals surface area contributed by atoms with Crippen molar-refractivity contribution in [1.29, 1.82) is 0 Å². The third kappa shape index (κ3) is 7.23. The molecule has 4 aromatic rings. The van der Waals surface area contributed by atoms with Crippen molar-refractivity contribution in [2.75, 3.05) is 40.2 Å². The molecule has 5 fully saturated rings. The van der Waals surface area contributed by atoms with Crippen LogP contribution in [0.2, 0.25) is 0 Å². The Morgan fingerprint density at radius 2 is 1.40 bits per heavy atom. The van der Waals surface area contributed by atoms with Crippen molar-refractivity contribution >= 4 is 58.1 Å². The maximum absolute atomic E-state index is 13.7. The minimum absolute atomic E-state index is 0. The number of nitrogens with two attached hydrogens (primary N) is 1. The van der Waals surface area contributed by atoms with Crippen molar-refractivity contribution in [2.45, 2.75) is 68.4 Å². The van der Waals surface area contributed by atoms with Crippen LogP contribution in [0.3, 0.4) is 0 Å². The van der Waals surface area contributed by atoms with Crippen molar-refractivity contribution in [3.8, 4) is 22.6 Å². The van der Waals surface area contributed by atoms with Gasteiger partial charge in [-0.05, 0) is 164 Å². The largest absolute Gasteiger partial charge is 0.508 e. The number of aliphatic hydroxyl groups is 3. The number of hydrogen-bond acceptors (Lipinski definition) is 11. The number of likely N-dealkylation sites (N-methyl/N-ethyl adjacent to an activating group) is 1. The number of carbonyl (C=O) groups excluding carboxylic acids is 3. The molecule has 342 valence electrons. The van der Waals surface area contributed by atoms with E-state index in [1.807, 2.05) is 31.1 Å². The number of anilines is 1. The summed E-state index contributed by atoms with van der Waals surface area (Å²) in [6.45, 7) is 0. The Kier molecular flexibility index (Phi) is 11.6. The quantitative estimate of drug-likeness (QED) is 0.102. The fourth-order valence-electron chi connectivity index (χ4n) is 12.9. The number of benzene rings is 4. The van der Waals surface area contributed by atoms with Crippen molar-refractivity contribution in [3.63, 3.8) is 0 Å². The lowest BCUT2D eigenvalue weighted by Crippen LogP contribution is -2.65. The molecule has 1 amide bonds. The first-order chi connectivity index (χ1) is 30.4. The molecular formula is C51H56ClN3O10. The predicted molar refractivity (Wildman–Crippen MR) is 249 cm³/mol. The minimum atomic E-state index is -2.63. The Morgan fingerprint density at radius 3 is 1.98 bits per heavy atom. The molecular weight excluding hydrogens is 850 g/mol. The third-order valence-electron chi connectivity index (χ3n) is 15.3. The zero-order valence-corrected chi connectivity index (χ0v) is 37.9. The molecule has 13 nitrogen and oxygen atoms in total. The number of phenols is 1. The number of carboxylic acid groups (broad SMARTS) is 1. The van der Waals surface area contributed by atoms with Gasteiger partial charge in [-0.3, -0.25) is 19.3 Å². The number of halogens is 1. The summed E-state index contributed by atoms with van der Waals surface area (Å²) >= 11 is 0. The summed E-state index contributed by atoms with van der Waals surface area (Å²) in [5.74, 6) is -3.71. The van der Waals surface area contributed by atoms with E-state index in [1.165, 1.54) is 66.2 Å². The molecule has 4 aromatic carbocycles. The van der Waals surface area contributed by atoms with E-state index < -0.39 is 64.0 Å². The summed E-state index contributed by atoms with van der Waals surface area (Å²) < 4.78 is 5.88. The highest BCUT2D eigenvalue weighted by atomic mass is 35.5. The maximum Gasteiger partial charge on any atom is 0.335 e. The number of amides is 1. The van der Waals surface area contributed by atoms with Gasteiger partial charge < -0.3 is 40.9 Å². The van der Waals surface area contributed by atoms with Crippen LogP contribution in [0.4, 0.5) is 5.69 Å². The van der Waals surface area contributed by atoms with E-state index in [9.17, 15) is 44.7 Å². The standard InChI is InChI=1S/C28H28O3.C23H27N3O7.ClH/c1-31-26-7-6-23(21-2-3-22-12-24(27(29)30)5-4-20(22)11-21)13-25(26)28-14-17-8-18(15-28)10-19(9-17)16-28;1-25(2)12-5-6-13(27)15-10(12)7-9-8-11-17(26(3)4)19(29)16(22(24)32)21(31)23(11,33)20(30)14(9)18(15)28;/h2-7,11-13,17-19H,8-10,14-16H2,1H3,(H,29,30);5-6,9,11,17,27-28,31,33H,7-8H2,1-4H3,(H2,24,32);1H/t;9-,11-,17-,23-;/m.0./s1. The number of hydrogen-bond donors (Lipinski definition) is 6. The van der Waals surface area contributed by atoms with Crippen molar-refractivity contribution < 1.29 is 49.4 Å². The molecule has 0 unspecified atom stereocenters. The van der Waals surface area contributed by atoms with E-state index in [0.717, 1.165) is 40.0 Å². The predicted octanol–water partition coefficient (Wildman–Crippen LogP) is 7.13. The SMILES string of the molecule is CN(C)c1ccc(O)c2c1C[C@H]1C[C@H]3[C@H](N(C)C)C(=O)C(C(N)=O)=C(O)[C@@]3(O)C(=O)C1=C2O.COc1ccc(-c2ccc3cc(C(=O)O)ccc3c2)cc1C12CC3CC(CC(C3)C1)C2.Cl. The first-order valence-electron chi connectivity index (χ1n) is 22.0. The number of methoxy groups -OCH3 is 1. The fraction of sp³-hybridized carbons (Fsp3) is 0.412. The van der Waals surface area contributed by atoms with Crippen LogP contribution in [0.15, 0.2) is 83.6 Å². The number of fused-ring (bicyclic) bond motifs is 4. The molecule has 7 aliphatic rings. The highest BCUT2D eigenvalue weighted by molar-refractivity contribution is 6.24. The fourth-order valence-corrected chi connectivity index (χ4v) is 12.9. The third-order valence-corrected chi connectivity index (χ3v) is 15.3. The molecule has 4 atom stereocenters. The number of primary amides is 1. The van der Waals surface area contributed by atoms with Crippen LogP contribution in [-0.2, 0) is 26.2 Å². The summed E-state index contributed by atoms with van der Waals surface area (Å²) in [5, 5.41) is 55.2. The summed E-state index contributed by atoms with van der Waals surface area (Å²) in [4.78, 5) is 53.3. The Bertz CT molecular complexity index is 2710. The van der Waals surface area contributed by atoms with Gasteiger partial charge in [0.25, 0.3) is 5.91 Å². The average Bonchev–Trinajstić information content (AvgIpc) is 3.23. The molecule has 4 bridgehead atoms. The first kappa shape index (κ1) is 45.7. The number of rotatable bonds is 7. The van der Waals surface area contributed by atoms with Gasteiger partial charge in [-0.15, -0.1) is 12.4 Å². The number of carboxylic acids is 1. The normalized spacial score (nSPS) is 28.5. The molecule has 7 N–H and O–H groups in total. The van der Waals surface area contributed by atoms with E-state index in [0.29, 0.717) is 11.1 Å². The van der Waals surface area contributed by atoms with Crippen LogP contribution >= 0.6 is 12.4 Å². The lowest BCUT2D eigenvalue weighted by molar-refractivity contribution is -0.153. The zero-order chi connectivity index (χ0) is 45.7. The Morgan fingerprint density at radius 1 is 0.800 bits per heavy atom. The number of carbonyl (C=O) groups is 4. The first-order valence-corrected chi connectivity index (χ1v) is 22.0. The van der Waals surface area contributed by atoms with Gasteiger partial charge in [0.1, 0.15) is 28.6 Å². The van der Waals surface area contributed by atoms with Gasteiger partial charge in [-0.1, -0.05) is 24.3 Å². The van der Waals surface area contributed by atoms with Crippen LogP contribution in [0.25, 0.3) is 27.7 Å². The zero-order valence-electron chi connectivity index (χ0n) is 37.1. The number of ether oxygens (including phenoxy) is 1. The summed E-state index contributed by atoms with van der Waals surface area (Å²) in [7, 11) is 8.55. The van der Waals surface area contributed by atoms with Crippen LogP contribution < -0.4 is 15.4 Å². The van der Waals surface area contributed by atoms with E-state index in [1.54, 1.807) is 39.4 Å². The van der Waals surface area contributed by atoms with Crippen LogP contribution in [0.1, 0.15) is 72.0 Å². The van der Waals surface area contributed by atoms with Crippen molar-refractivity contribution in [3.05, 3.63) is 106 Å². The molecule has 0 aliphatic heterocycles. The maximum atomic E-state index is 13.7. The van der Waals surface area contributed by atoms with E-state index >= 15 is 0 Å². The number of ketones is 2. The molecule has 5 saturated carbocycles. The number of aromatic hydroxyl groups is 1. The molecule has 0 radical (unpaired) electrons. The van der Waals surface area contributed by atoms with Gasteiger partial charge in [0, 0.05) is 36.8 Å². The van der Waals surface area contributed by atoms with Gasteiger partial charge in [0.15, 0.2) is 11.4 Å². The Labute approximate surface area is 383 Å². The van der Waals surface area contributed by atoms with E-state index in [2.05, 4.69) is 30.3 Å². The minimum Gasteiger partial charge on any atom is -0.508 e. The molecule has 7 aliphatic carbocycles. The van der Waals surface area contributed by atoms with Gasteiger partial charge in [-0.2, -0.15) is 0 Å². The molecule has 65 heavy (non-hydrogen) atoms. The highest BCUT2D eigenvalue weighted by Crippen LogP contribution is 2.62. The van der Waals surface area contributed by atoms with Gasteiger partial charge in [0.05, 0.1) is 24.3 Å². The van der Waals surface area contributed by atoms with Crippen LogP contribution in [-0.4, -0.2) is 101 Å². The summed E-state index contributed by atoms with van der Waals surface area (Å²) in [5.41, 5.74) is 7.56. The van der Waals surface area contributed by atoms with Gasteiger partial charge in [0.2, 0.25) is 5.78 Å². The molecule has 0 saturated heterocycles. The number of nitrogens with zero attached hydrogens (tertiary/aromatic N) is 2. The van der Waals surface area contributed by atoms with Crippen molar-refractivity contribution in [1.82, 2.24) is 4.90 Å². The smallest absolute Gasteiger partial charge is 0.335 e. The number of aliphatic hydroxyl groups excluding tert-OH is 2. The van der Waals surface area contributed by atoms with Gasteiger partial charge >= 0.3 is 5.97 Å². The van der Waals surface area contributed by atoms with Crippen molar-refractivity contribution in [2.24, 2.45) is 35.3 Å².